The van der Waals surface area contributed by atoms with Crippen molar-refractivity contribution >= 4 is 18.8 Å². The third-order valence-corrected chi connectivity index (χ3v) is 0.803. The van der Waals surface area contributed by atoms with E-state index in [1.54, 1.807) is 0 Å². The Balaban J connectivity index is 0. The molecule has 0 spiro atoms. The Labute approximate surface area is 67.5 Å². The molecule has 0 aromatic carbocycles. The van der Waals surface area contributed by atoms with Crippen molar-refractivity contribution in [2.45, 2.75) is 20.3 Å². The molecule has 3 nitrogen and oxygen atoms in total. The number of esters is 1. The van der Waals surface area contributed by atoms with E-state index in [-0.39, 0.29) is 5.97 Å². The van der Waals surface area contributed by atoms with Crippen molar-refractivity contribution in [2.75, 3.05) is 7.11 Å². The molecule has 10 heavy (non-hydrogen) atoms. The van der Waals surface area contributed by atoms with E-state index in [0.29, 0.717) is 12.3 Å². The average Bonchev–Trinajstić information content (AvgIpc) is 1.91. The van der Waals surface area contributed by atoms with Gasteiger partial charge in [0.15, 0.2) is 0 Å². The van der Waals surface area contributed by atoms with Crippen molar-refractivity contribution in [3.8, 4) is 0 Å². The van der Waals surface area contributed by atoms with Crippen LogP contribution < -0.4 is 5.14 Å². The van der Waals surface area contributed by atoms with Gasteiger partial charge in [0, 0.05) is 6.42 Å². The van der Waals surface area contributed by atoms with Crippen LogP contribution in [0.15, 0.2) is 0 Å². The van der Waals surface area contributed by atoms with Gasteiger partial charge in [-0.1, -0.05) is 13.8 Å². The summed E-state index contributed by atoms with van der Waals surface area (Å²) in [5, 5.41) is 4.19. The summed E-state index contributed by atoms with van der Waals surface area (Å²) < 4.78 is 4.42. The highest BCUT2D eigenvalue weighted by Gasteiger charge is 2.01. The summed E-state index contributed by atoms with van der Waals surface area (Å²) in [5.41, 5.74) is 0. The molecule has 0 bridgehead atoms. The van der Waals surface area contributed by atoms with E-state index in [9.17, 15) is 4.79 Å². The molecule has 4 heteroatoms. The fraction of sp³-hybridized carbons (Fsp3) is 0.833. The first-order valence-electron chi connectivity index (χ1n) is 2.99. The molecule has 0 amide bonds. The van der Waals surface area contributed by atoms with Gasteiger partial charge in [0.25, 0.3) is 0 Å². The lowest BCUT2D eigenvalue weighted by molar-refractivity contribution is -0.141. The van der Waals surface area contributed by atoms with Gasteiger partial charge in [0.1, 0.15) is 0 Å². The van der Waals surface area contributed by atoms with Crippen LogP contribution in [0.25, 0.3) is 0 Å². The van der Waals surface area contributed by atoms with Crippen LogP contribution in [0.3, 0.4) is 0 Å². The Bertz CT molecular complexity index is 85.8. The second kappa shape index (κ2) is 8.78. The molecule has 0 saturated carbocycles. The van der Waals surface area contributed by atoms with Crippen molar-refractivity contribution in [2.24, 2.45) is 11.1 Å². The van der Waals surface area contributed by atoms with Crippen LogP contribution in [-0.4, -0.2) is 13.1 Å². The molecule has 62 valence electrons. The number of ether oxygens (including phenoxy) is 1. The third-order valence-electron chi connectivity index (χ3n) is 0.803. The van der Waals surface area contributed by atoms with Crippen LogP contribution in [0.5, 0.6) is 0 Å². The summed E-state index contributed by atoms with van der Waals surface area (Å²) in [5.74, 6) is 0.280. The Hall–Kier alpha value is -0.220. The fourth-order valence-corrected chi connectivity index (χ4v) is 0.417. The summed E-state index contributed by atoms with van der Waals surface area (Å²) in [4.78, 5) is 10.4. The van der Waals surface area contributed by atoms with Gasteiger partial charge in [-0.25, -0.2) is 0 Å². The molecular weight excluding hydrogens is 150 g/mol. The smallest absolute Gasteiger partial charge is 0.305 e. The van der Waals surface area contributed by atoms with Crippen LogP contribution in [0.1, 0.15) is 20.3 Å². The van der Waals surface area contributed by atoms with Crippen molar-refractivity contribution in [3.05, 3.63) is 0 Å². The molecular formula is C6H15NO2S. The fourth-order valence-electron chi connectivity index (χ4n) is 0.417. The Morgan fingerprint density at radius 3 is 2.10 bits per heavy atom. The first-order valence-corrected chi connectivity index (χ1v) is 3.51. The molecule has 0 unspecified atom stereocenters. The van der Waals surface area contributed by atoms with Crippen LogP contribution >= 0.6 is 12.8 Å². The monoisotopic (exact) mass is 165 g/mol. The molecule has 0 fully saturated rings. The predicted molar refractivity (Wildman–Crippen MR) is 44.6 cm³/mol. The SMILES string of the molecule is COC(=O)CC(C)C.NS. The number of methoxy groups -OCH3 is 1. The molecule has 0 aliphatic carbocycles. The number of carbonyl (C=O) groups is 1. The number of rotatable bonds is 2. The van der Waals surface area contributed by atoms with Gasteiger partial charge in [-0.05, 0) is 5.92 Å². The minimum absolute atomic E-state index is 0.125. The highest BCUT2D eigenvalue weighted by atomic mass is 32.1. The van der Waals surface area contributed by atoms with E-state index in [1.807, 2.05) is 13.8 Å². The molecule has 0 aromatic heterocycles. The molecule has 0 atom stereocenters. The number of nitrogens with two attached hydrogens (primary N) is 1. The molecule has 0 radical (unpaired) electrons. The van der Waals surface area contributed by atoms with E-state index in [2.05, 4.69) is 22.7 Å². The molecule has 2 N–H and O–H groups in total. The van der Waals surface area contributed by atoms with E-state index in [0.717, 1.165) is 0 Å². The number of hydrogen-bond acceptors (Lipinski definition) is 4. The van der Waals surface area contributed by atoms with Crippen LogP contribution in [0.4, 0.5) is 0 Å². The minimum Gasteiger partial charge on any atom is -0.469 e. The first kappa shape index (κ1) is 12.5. The zero-order chi connectivity index (χ0) is 8.57. The summed E-state index contributed by atoms with van der Waals surface area (Å²) >= 11 is 3.03. The van der Waals surface area contributed by atoms with Gasteiger partial charge in [-0.2, -0.15) is 0 Å². The van der Waals surface area contributed by atoms with Crippen molar-refractivity contribution in [1.29, 1.82) is 0 Å². The van der Waals surface area contributed by atoms with Crippen LogP contribution in [-0.2, 0) is 9.53 Å². The zero-order valence-corrected chi connectivity index (χ0v) is 7.52. The second-order valence-corrected chi connectivity index (χ2v) is 2.17. The molecule has 0 saturated heterocycles. The number of thiol groups is 1. The molecule has 0 heterocycles. The second-order valence-electron chi connectivity index (χ2n) is 2.17. The van der Waals surface area contributed by atoms with Crippen molar-refractivity contribution < 1.29 is 9.53 Å². The topological polar surface area (TPSA) is 52.3 Å². The Morgan fingerprint density at radius 1 is 1.60 bits per heavy atom. The van der Waals surface area contributed by atoms with Gasteiger partial charge >= 0.3 is 5.97 Å². The largest absolute Gasteiger partial charge is 0.469 e. The van der Waals surface area contributed by atoms with Crippen molar-refractivity contribution in [1.82, 2.24) is 0 Å². The average molecular weight is 165 g/mol. The molecule has 0 aliphatic rings. The summed E-state index contributed by atoms with van der Waals surface area (Å²) in [7, 11) is 1.41. The highest BCUT2D eigenvalue weighted by Crippen LogP contribution is 1.98. The maximum atomic E-state index is 10.4. The normalized spacial score (nSPS) is 8.20. The predicted octanol–water partition coefficient (Wildman–Crippen LogP) is 0.995. The van der Waals surface area contributed by atoms with E-state index in [4.69, 9.17) is 0 Å². The Kier molecular flexibility index (Phi) is 10.9. The maximum Gasteiger partial charge on any atom is 0.305 e. The standard InChI is InChI=1S/C6H12O2.H3NS/c1-5(2)4-6(7)8-3;1-2/h5H,4H2,1-3H3;2H,1H2. The Morgan fingerprint density at radius 2 is 2.00 bits per heavy atom. The van der Waals surface area contributed by atoms with Gasteiger partial charge < -0.3 is 4.74 Å². The maximum absolute atomic E-state index is 10.4. The number of hydrogen-bond donors (Lipinski definition) is 2. The molecule has 0 rings (SSSR count). The summed E-state index contributed by atoms with van der Waals surface area (Å²) in [6, 6.07) is 0. The number of carbonyl (C=O) groups excluding carboxylic acids is 1. The van der Waals surface area contributed by atoms with Crippen molar-refractivity contribution in [3.63, 3.8) is 0 Å². The van der Waals surface area contributed by atoms with Gasteiger partial charge in [0.05, 0.1) is 7.11 Å². The highest BCUT2D eigenvalue weighted by molar-refractivity contribution is 7.77. The van der Waals surface area contributed by atoms with E-state index in [1.165, 1.54) is 7.11 Å². The van der Waals surface area contributed by atoms with Gasteiger partial charge in [-0.3, -0.25) is 9.93 Å². The van der Waals surface area contributed by atoms with Crippen LogP contribution in [0, 0.1) is 5.92 Å². The minimum atomic E-state index is -0.125. The zero-order valence-electron chi connectivity index (χ0n) is 6.63. The third kappa shape index (κ3) is 10.7. The summed E-state index contributed by atoms with van der Waals surface area (Å²) in [6.45, 7) is 3.97. The van der Waals surface area contributed by atoms with E-state index >= 15 is 0 Å². The summed E-state index contributed by atoms with van der Waals surface area (Å²) in [6.07, 6.45) is 0.524. The van der Waals surface area contributed by atoms with Crippen LogP contribution in [0.2, 0.25) is 0 Å². The first-order chi connectivity index (χ1) is 4.66. The van der Waals surface area contributed by atoms with Gasteiger partial charge in [0.2, 0.25) is 0 Å². The lowest BCUT2D eigenvalue weighted by Crippen LogP contribution is -2.03. The van der Waals surface area contributed by atoms with E-state index < -0.39 is 0 Å². The molecule has 0 aromatic rings. The van der Waals surface area contributed by atoms with Gasteiger partial charge in [-0.15, -0.1) is 12.8 Å². The quantitative estimate of drug-likeness (QED) is 0.474. The lowest BCUT2D eigenvalue weighted by atomic mass is 10.1. The molecule has 0 aliphatic heterocycles. The lowest BCUT2D eigenvalue weighted by Gasteiger charge is -1.99.